The Balaban J connectivity index is 2.37. The van der Waals surface area contributed by atoms with Gasteiger partial charge in [0, 0.05) is 30.8 Å². The summed E-state index contributed by atoms with van der Waals surface area (Å²) in [6.07, 6.45) is 0. The first kappa shape index (κ1) is 7.55. The SMILES string of the molecule is Cc1[nH]c(=O)ccc1C1CNC1. The molecule has 0 amide bonds. The lowest BCUT2D eigenvalue weighted by atomic mass is 9.93. The number of aryl methyl sites for hydroxylation is 1. The molecule has 12 heavy (non-hydrogen) atoms. The summed E-state index contributed by atoms with van der Waals surface area (Å²) in [5, 5.41) is 3.21. The topological polar surface area (TPSA) is 44.9 Å². The van der Waals surface area contributed by atoms with Gasteiger partial charge in [-0.15, -0.1) is 0 Å². The summed E-state index contributed by atoms with van der Waals surface area (Å²) in [6.45, 7) is 4.02. The first-order chi connectivity index (χ1) is 5.77. The molecule has 3 nitrogen and oxygen atoms in total. The minimum atomic E-state index is -0.0106. The van der Waals surface area contributed by atoms with Crippen molar-refractivity contribution in [1.29, 1.82) is 0 Å². The van der Waals surface area contributed by atoms with E-state index in [0.717, 1.165) is 18.8 Å². The van der Waals surface area contributed by atoms with Gasteiger partial charge in [-0.3, -0.25) is 4.79 Å². The van der Waals surface area contributed by atoms with Gasteiger partial charge in [-0.2, -0.15) is 0 Å². The Kier molecular flexibility index (Phi) is 1.73. The van der Waals surface area contributed by atoms with Crippen molar-refractivity contribution in [3.8, 4) is 0 Å². The molecule has 1 aliphatic rings. The zero-order valence-electron chi connectivity index (χ0n) is 7.05. The lowest BCUT2D eigenvalue weighted by Crippen LogP contribution is -2.40. The highest BCUT2D eigenvalue weighted by molar-refractivity contribution is 5.25. The van der Waals surface area contributed by atoms with Crippen molar-refractivity contribution in [2.75, 3.05) is 13.1 Å². The molecule has 2 N–H and O–H groups in total. The zero-order chi connectivity index (χ0) is 8.55. The molecule has 1 aromatic heterocycles. The lowest BCUT2D eigenvalue weighted by molar-refractivity contribution is 0.445. The maximum absolute atomic E-state index is 10.9. The van der Waals surface area contributed by atoms with Crippen molar-refractivity contribution in [2.24, 2.45) is 0 Å². The largest absolute Gasteiger partial charge is 0.326 e. The fourth-order valence-electron chi connectivity index (χ4n) is 1.54. The fourth-order valence-corrected chi connectivity index (χ4v) is 1.54. The molecule has 1 aromatic rings. The van der Waals surface area contributed by atoms with E-state index in [-0.39, 0.29) is 5.56 Å². The van der Waals surface area contributed by atoms with Gasteiger partial charge in [-0.05, 0) is 12.5 Å². The molecule has 0 atom stereocenters. The van der Waals surface area contributed by atoms with Crippen LogP contribution in [-0.2, 0) is 0 Å². The Bertz CT molecular complexity index is 339. The van der Waals surface area contributed by atoms with Crippen molar-refractivity contribution in [1.82, 2.24) is 10.3 Å². The average molecular weight is 164 g/mol. The molecular weight excluding hydrogens is 152 g/mol. The Morgan fingerprint density at radius 2 is 2.17 bits per heavy atom. The molecule has 1 fully saturated rings. The first-order valence-corrected chi connectivity index (χ1v) is 4.18. The van der Waals surface area contributed by atoms with E-state index in [1.165, 1.54) is 5.56 Å². The molecule has 0 radical (unpaired) electrons. The van der Waals surface area contributed by atoms with Crippen LogP contribution in [0, 0.1) is 6.92 Å². The Labute approximate surface area is 70.8 Å². The van der Waals surface area contributed by atoms with Crippen LogP contribution in [0.5, 0.6) is 0 Å². The van der Waals surface area contributed by atoms with E-state index in [2.05, 4.69) is 10.3 Å². The summed E-state index contributed by atoms with van der Waals surface area (Å²) in [4.78, 5) is 13.7. The highest BCUT2D eigenvalue weighted by Crippen LogP contribution is 2.20. The summed E-state index contributed by atoms with van der Waals surface area (Å²) in [6, 6.07) is 3.53. The number of hydrogen-bond acceptors (Lipinski definition) is 2. The molecule has 1 saturated heterocycles. The van der Waals surface area contributed by atoms with E-state index in [1.807, 2.05) is 13.0 Å². The molecule has 0 unspecified atom stereocenters. The number of hydrogen-bond donors (Lipinski definition) is 2. The van der Waals surface area contributed by atoms with Gasteiger partial charge in [-0.1, -0.05) is 6.07 Å². The second-order valence-electron chi connectivity index (χ2n) is 3.26. The number of aromatic nitrogens is 1. The molecule has 2 heterocycles. The molecule has 64 valence electrons. The van der Waals surface area contributed by atoms with Crippen LogP contribution in [0.15, 0.2) is 16.9 Å². The Morgan fingerprint density at radius 3 is 2.67 bits per heavy atom. The number of pyridine rings is 1. The van der Waals surface area contributed by atoms with Gasteiger partial charge in [0.1, 0.15) is 0 Å². The number of aromatic amines is 1. The predicted molar refractivity (Wildman–Crippen MR) is 47.4 cm³/mol. The third kappa shape index (κ3) is 1.16. The molecular formula is C9H12N2O. The first-order valence-electron chi connectivity index (χ1n) is 4.18. The monoisotopic (exact) mass is 164 g/mol. The van der Waals surface area contributed by atoms with Crippen LogP contribution in [0.1, 0.15) is 17.2 Å². The maximum atomic E-state index is 10.9. The Morgan fingerprint density at radius 1 is 1.42 bits per heavy atom. The van der Waals surface area contributed by atoms with E-state index in [0.29, 0.717) is 5.92 Å². The third-order valence-corrected chi connectivity index (χ3v) is 2.38. The standard InChI is InChI=1S/C9H12N2O/c1-6-8(7-4-10-5-7)2-3-9(12)11-6/h2-3,7,10H,4-5H2,1H3,(H,11,12). The predicted octanol–water partition coefficient (Wildman–Crippen LogP) is 0.370. The van der Waals surface area contributed by atoms with Gasteiger partial charge in [0.25, 0.3) is 0 Å². The quantitative estimate of drug-likeness (QED) is 0.630. The van der Waals surface area contributed by atoms with Crippen molar-refractivity contribution in [3.05, 3.63) is 33.7 Å². The highest BCUT2D eigenvalue weighted by Gasteiger charge is 2.20. The van der Waals surface area contributed by atoms with Crippen LogP contribution in [0.2, 0.25) is 0 Å². The van der Waals surface area contributed by atoms with Crippen molar-refractivity contribution >= 4 is 0 Å². The maximum Gasteiger partial charge on any atom is 0.248 e. The fraction of sp³-hybridized carbons (Fsp3) is 0.444. The summed E-state index contributed by atoms with van der Waals surface area (Å²) in [5.74, 6) is 0.599. The summed E-state index contributed by atoms with van der Waals surface area (Å²) in [5.41, 5.74) is 2.27. The molecule has 0 saturated carbocycles. The minimum absolute atomic E-state index is 0.0106. The van der Waals surface area contributed by atoms with E-state index < -0.39 is 0 Å². The molecule has 0 aromatic carbocycles. The molecule has 3 heteroatoms. The number of nitrogens with one attached hydrogen (secondary N) is 2. The zero-order valence-corrected chi connectivity index (χ0v) is 7.05. The van der Waals surface area contributed by atoms with Crippen LogP contribution in [0.3, 0.4) is 0 Å². The van der Waals surface area contributed by atoms with E-state index >= 15 is 0 Å². The molecule has 1 aliphatic heterocycles. The van der Waals surface area contributed by atoms with Crippen LogP contribution >= 0.6 is 0 Å². The highest BCUT2D eigenvalue weighted by atomic mass is 16.1. The van der Waals surface area contributed by atoms with Gasteiger partial charge in [-0.25, -0.2) is 0 Å². The lowest BCUT2D eigenvalue weighted by Gasteiger charge is -2.28. The smallest absolute Gasteiger partial charge is 0.248 e. The molecule has 2 rings (SSSR count). The van der Waals surface area contributed by atoms with Crippen molar-refractivity contribution in [2.45, 2.75) is 12.8 Å². The van der Waals surface area contributed by atoms with Crippen LogP contribution in [-0.4, -0.2) is 18.1 Å². The van der Waals surface area contributed by atoms with E-state index in [9.17, 15) is 4.79 Å². The van der Waals surface area contributed by atoms with Gasteiger partial charge in [0.2, 0.25) is 5.56 Å². The summed E-state index contributed by atoms with van der Waals surface area (Å²) >= 11 is 0. The third-order valence-electron chi connectivity index (χ3n) is 2.38. The number of H-pyrrole nitrogens is 1. The van der Waals surface area contributed by atoms with Gasteiger partial charge in [0.15, 0.2) is 0 Å². The minimum Gasteiger partial charge on any atom is -0.326 e. The van der Waals surface area contributed by atoms with E-state index in [1.54, 1.807) is 6.07 Å². The van der Waals surface area contributed by atoms with Crippen LogP contribution in [0.4, 0.5) is 0 Å². The van der Waals surface area contributed by atoms with Gasteiger partial charge in [0.05, 0.1) is 0 Å². The Hall–Kier alpha value is -1.09. The van der Waals surface area contributed by atoms with Crippen molar-refractivity contribution in [3.63, 3.8) is 0 Å². The normalized spacial score (nSPS) is 17.4. The van der Waals surface area contributed by atoms with Gasteiger partial charge >= 0.3 is 0 Å². The van der Waals surface area contributed by atoms with Gasteiger partial charge < -0.3 is 10.3 Å². The second-order valence-corrected chi connectivity index (χ2v) is 3.26. The number of rotatable bonds is 1. The average Bonchev–Trinajstić information content (AvgIpc) is 1.91. The second kappa shape index (κ2) is 2.75. The molecule has 0 spiro atoms. The van der Waals surface area contributed by atoms with Crippen LogP contribution < -0.4 is 10.9 Å². The molecule has 0 aliphatic carbocycles. The molecule has 0 bridgehead atoms. The summed E-state index contributed by atoms with van der Waals surface area (Å²) < 4.78 is 0. The summed E-state index contributed by atoms with van der Waals surface area (Å²) in [7, 11) is 0. The van der Waals surface area contributed by atoms with Crippen LogP contribution in [0.25, 0.3) is 0 Å². The van der Waals surface area contributed by atoms with Crippen molar-refractivity contribution < 1.29 is 0 Å². The van der Waals surface area contributed by atoms with E-state index in [4.69, 9.17) is 0 Å².